The smallest absolute Gasteiger partial charge is 0.309 e. The summed E-state index contributed by atoms with van der Waals surface area (Å²) in [5.41, 5.74) is 0.388. The van der Waals surface area contributed by atoms with Crippen molar-refractivity contribution in [1.82, 2.24) is 0 Å². The van der Waals surface area contributed by atoms with E-state index < -0.39 is 11.4 Å². The highest BCUT2D eigenvalue weighted by molar-refractivity contribution is 5.77. The molecule has 1 aliphatic rings. The molecule has 0 radical (unpaired) electrons. The van der Waals surface area contributed by atoms with Gasteiger partial charge in [-0.25, -0.2) is 4.39 Å². The molecule has 1 aliphatic heterocycles. The molecule has 0 fully saturated rings. The van der Waals surface area contributed by atoms with Gasteiger partial charge in [0.05, 0.1) is 5.41 Å². The zero-order valence-corrected chi connectivity index (χ0v) is 11.8. The van der Waals surface area contributed by atoms with Crippen LogP contribution in [0.1, 0.15) is 39.2 Å². The van der Waals surface area contributed by atoms with Crippen molar-refractivity contribution in [1.29, 1.82) is 0 Å². The van der Waals surface area contributed by atoms with E-state index in [9.17, 15) is 14.3 Å². The summed E-state index contributed by atoms with van der Waals surface area (Å²) in [6.45, 7) is 7.95. The third kappa shape index (κ3) is 2.09. The second-order valence-electron chi connectivity index (χ2n) is 6.00. The van der Waals surface area contributed by atoms with E-state index >= 15 is 0 Å². The number of fused-ring (bicyclic) bond motifs is 1. The Morgan fingerprint density at radius 3 is 2.63 bits per heavy atom. The normalized spacial score (nSPS) is 18.8. The van der Waals surface area contributed by atoms with Gasteiger partial charge in [0.25, 0.3) is 0 Å². The molecule has 104 valence electrons. The average Bonchev–Trinajstić information content (AvgIpc) is 2.70. The van der Waals surface area contributed by atoms with E-state index in [1.165, 1.54) is 6.07 Å². The van der Waals surface area contributed by atoms with Gasteiger partial charge in [-0.3, -0.25) is 4.79 Å². The van der Waals surface area contributed by atoms with Crippen LogP contribution < -0.4 is 4.90 Å². The van der Waals surface area contributed by atoms with Gasteiger partial charge in [0.15, 0.2) is 0 Å². The Balaban J connectivity index is 2.55. The lowest BCUT2D eigenvalue weighted by atomic mass is 9.76. The average molecular weight is 265 g/mol. The van der Waals surface area contributed by atoms with E-state index in [2.05, 4.69) is 4.90 Å². The fourth-order valence-corrected chi connectivity index (χ4v) is 2.73. The van der Waals surface area contributed by atoms with Crippen LogP contribution in [0, 0.1) is 11.2 Å². The van der Waals surface area contributed by atoms with Gasteiger partial charge < -0.3 is 10.0 Å². The molecule has 0 amide bonds. The zero-order chi connectivity index (χ0) is 14.4. The highest BCUT2D eigenvalue weighted by Gasteiger charge is 2.45. The number of carbonyl (C=O) groups is 1. The number of aliphatic carboxylic acids is 1. The Morgan fingerprint density at radius 2 is 2.11 bits per heavy atom. The van der Waals surface area contributed by atoms with Crippen molar-refractivity contribution in [2.24, 2.45) is 5.41 Å². The van der Waals surface area contributed by atoms with Gasteiger partial charge in [-0.1, -0.05) is 6.07 Å². The van der Waals surface area contributed by atoms with Crippen LogP contribution in [-0.4, -0.2) is 23.7 Å². The number of carboxylic acid groups (broad SMARTS) is 1. The minimum Gasteiger partial charge on any atom is -0.481 e. The fourth-order valence-electron chi connectivity index (χ4n) is 2.73. The summed E-state index contributed by atoms with van der Waals surface area (Å²) in [4.78, 5) is 13.5. The number of hydrogen-bond donors (Lipinski definition) is 1. The van der Waals surface area contributed by atoms with Crippen LogP contribution in [0.5, 0.6) is 0 Å². The Morgan fingerprint density at radius 1 is 1.47 bits per heavy atom. The number of benzene rings is 1. The molecule has 19 heavy (non-hydrogen) atoms. The van der Waals surface area contributed by atoms with Crippen molar-refractivity contribution in [3.05, 3.63) is 29.6 Å². The summed E-state index contributed by atoms with van der Waals surface area (Å²) in [5, 5.41) is 9.40. The van der Waals surface area contributed by atoms with Crippen LogP contribution in [0.2, 0.25) is 0 Å². The maximum absolute atomic E-state index is 14.2. The van der Waals surface area contributed by atoms with Crippen LogP contribution in [0.15, 0.2) is 18.2 Å². The van der Waals surface area contributed by atoms with Crippen LogP contribution in [-0.2, 0) is 4.79 Å². The molecular formula is C15H20FNO2. The van der Waals surface area contributed by atoms with E-state index in [0.717, 1.165) is 5.69 Å². The van der Waals surface area contributed by atoms with Crippen molar-refractivity contribution in [3.8, 4) is 0 Å². The molecule has 0 aliphatic carbocycles. The van der Waals surface area contributed by atoms with E-state index in [0.29, 0.717) is 12.1 Å². The Bertz CT molecular complexity index is 511. The van der Waals surface area contributed by atoms with Crippen LogP contribution in [0.3, 0.4) is 0 Å². The van der Waals surface area contributed by atoms with Crippen LogP contribution in [0.4, 0.5) is 10.1 Å². The molecule has 1 unspecified atom stereocenters. The summed E-state index contributed by atoms with van der Waals surface area (Å²) >= 11 is 0. The highest BCUT2D eigenvalue weighted by Crippen LogP contribution is 2.47. The lowest BCUT2D eigenvalue weighted by Gasteiger charge is -2.29. The highest BCUT2D eigenvalue weighted by atomic mass is 19.1. The minimum atomic E-state index is -0.986. The van der Waals surface area contributed by atoms with E-state index in [1.54, 1.807) is 19.9 Å². The standard InChI is InChI=1S/C15H20FNO2/c1-9(2)17-8-10(15(3,4)14(18)19)13-11(16)6-5-7-12(13)17/h5-7,9-10H,8H2,1-4H3,(H,18,19). The molecule has 2 rings (SSSR count). The predicted molar refractivity (Wildman–Crippen MR) is 73.0 cm³/mol. The molecule has 1 N–H and O–H groups in total. The number of rotatable bonds is 3. The Labute approximate surface area is 113 Å². The SMILES string of the molecule is CC(C)N1CC(C(C)(C)C(=O)O)c2c(F)cccc21. The van der Waals surface area contributed by atoms with Crippen LogP contribution >= 0.6 is 0 Å². The second kappa shape index (κ2) is 4.51. The van der Waals surface area contributed by atoms with E-state index in [1.807, 2.05) is 19.9 Å². The molecule has 0 spiro atoms. The van der Waals surface area contributed by atoms with Crippen LogP contribution in [0.25, 0.3) is 0 Å². The van der Waals surface area contributed by atoms with Crippen molar-refractivity contribution >= 4 is 11.7 Å². The molecule has 0 saturated heterocycles. The Kier molecular flexibility index (Phi) is 3.29. The molecule has 1 atom stereocenters. The van der Waals surface area contributed by atoms with Gasteiger partial charge in [-0.15, -0.1) is 0 Å². The summed E-state index contributed by atoms with van der Waals surface area (Å²) < 4.78 is 14.2. The van der Waals surface area contributed by atoms with Gasteiger partial charge in [0.2, 0.25) is 0 Å². The van der Waals surface area contributed by atoms with E-state index in [-0.39, 0.29) is 17.8 Å². The Hall–Kier alpha value is -1.58. The first kappa shape index (κ1) is 13.8. The maximum atomic E-state index is 14.2. The topological polar surface area (TPSA) is 40.5 Å². The van der Waals surface area contributed by atoms with Gasteiger partial charge >= 0.3 is 5.97 Å². The summed E-state index contributed by atoms with van der Waals surface area (Å²) in [6.07, 6.45) is 0. The van der Waals surface area contributed by atoms with Gasteiger partial charge in [-0.05, 0) is 39.8 Å². The summed E-state index contributed by atoms with van der Waals surface area (Å²) in [7, 11) is 0. The molecule has 0 saturated carbocycles. The molecule has 1 heterocycles. The fraction of sp³-hybridized carbons (Fsp3) is 0.533. The minimum absolute atomic E-state index is 0.218. The maximum Gasteiger partial charge on any atom is 0.309 e. The summed E-state index contributed by atoms with van der Waals surface area (Å²) in [5.74, 6) is -1.53. The number of halogens is 1. The third-order valence-corrected chi connectivity index (χ3v) is 4.11. The molecule has 1 aromatic rings. The number of anilines is 1. The first-order valence-electron chi connectivity index (χ1n) is 6.55. The summed E-state index contributed by atoms with van der Waals surface area (Å²) in [6, 6.07) is 5.18. The van der Waals surface area contributed by atoms with Gasteiger partial charge in [0, 0.05) is 29.8 Å². The lowest BCUT2D eigenvalue weighted by molar-refractivity contribution is -0.148. The van der Waals surface area contributed by atoms with Crippen molar-refractivity contribution in [2.75, 3.05) is 11.4 Å². The quantitative estimate of drug-likeness (QED) is 0.912. The zero-order valence-electron chi connectivity index (χ0n) is 11.8. The first-order chi connectivity index (χ1) is 8.76. The van der Waals surface area contributed by atoms with Gasteiger partial charge in [-0.2, -0.15) is 0 Å². The molecular weight excluding hydrogens is 245 g/mol. The largest absolute Gasteiger partial charge is 0.481 e. The lowest BCUT2D eigenvalue weighted by Crippen LogP contribution is -2.36. The van der Waals surface area contributed by atoms with Crippen molar-refractivity contribution in [2.45, 2.75) is 39.7 Å². The number of hydrogen-bond acceptors (Lipinski definition) is 2. The monoisotopic (exact) mass is 265 g/mol. The molecule has 0 bridgehead atoms. The van der Waals surface area contributed by atoms with Crippen molar-refractivity contribution in [3.63, 3.8) is 0 Å². The van der Waals surface area contributed by atoms with Gasteiger partial charge in [0.1, 0.15) is 5.82 Å². The van der Waals surface area contributed by atoms with E-state index in [4.69, 9.17) is 0 Å². The predicted octanol–water partition coefficient (Wildman–Crippen LogP) is 3.25. The second-order valence-corrected chi connectivity index (χ2v) is 6.00. The molecule has 0 aromatic heterocycles. The first-order valence-corrected chi connectivity index (χ1v) is 6.55. The number of nitrogens with zero attached hydrogens (tertiary/aromatic N) is 1. The third-order valence-electron chi connectivity index (χ3n) is 4.11. The molecule has 1 aromatic carbocycles. The van der Waals surface area contributed by atoms with Crippen molar-refractivity contribution < 1.29 is 14.3 Å². The number of carboxylic acids is 1. The molecule has 4 heteroatoms. The molecule has 3 nitrogen and oxygen atoms in total.